The molecule has 0 spiro atoms. The SMILES string of the molecule is CC(C)Oc1cc(SC2CCCC2)c(N)cc1F. The summed E-state index contributed by atoms with van der Waals surface area (Å²) in [6.45, 7) is 3.78. The number of halogens is 1. The third-order valence-corrected chi connectivity index (χ3v) is 4.44. The van der Waals surface area contributed by atoms with Gasteiger partial charge in [-0.15, -0.1) is 11.8 Å². The first-order valence-corrected chi connectivity index (χ1v) is 7.36. The number of hydrogen-bond donors (Lipinski definition) is 1. The molecule has 2 rings (SSSR count). The molecule has 1 aliphatic rings. The molecule has 4 heteroatoms. The number of anilines is 1. The van der Waals surface area contributed by atoms with Crippen LogP contribution in [-0.4, -0.2) is 11.4 Å². The lowest BCUT2D eigenvalue weighted by Gasteiger charge is -2.15. The summed E-state index contributed by atoms with van der Waals surface area (Å²) in [5.41, 5.74) is 6.40. The molecule has 0 aromatic heterocycles. The van der Waals surface area contributed by atoms with Crippen LogP contribution in [0.5, 0.6) is 5.75 Å². The minimum absolute atomic E-state index is 0.0348. The van der Waals surface area contributed by atoms with Crippen LogP contribution in [0, 0.1) is 5.82 Å². The van der Waals surface area contributed by atoms with E-state index in [4.69, 9.17) is 10.5 Å². The van der Waals surface area contributed by atoms with Crippen LogP contribution in [0.2, 0.25) is 0 Å². The maximum Gasteiger partial charge on any atom is 0.167 e. The number of benzene rings is 1. The molecule has 18 heavy (non-hydrogen) atoms. The van der Waals surface area contributed by atoms with Crippen molar-refractivity contribution in [2.75, 3.05) is 5.73 Å². The van der Waals surface area contributed by atoms with Gasteiger partial charge in [-0.25, -0.2) is 4.39 Å². The second-order valence-corrected chi connectivity index (χ2v) is 6.35. The molecule has 1 aliphatic carbocycles. The molecule has 1 fully saturated rings. The summed E-state index contributed by atoms with van der Waals surface area (Å²) in [6, 6.07) is 3.11. The lowest BCUT2D eigenvalue weighted by atomic mass is 10.3. The standard InChI is InChI=1S/C14H20FNOS/c1-9(2)17-13-8-14(12(16)7-11(13)15)18-10-5-3-4-6-10/h7-10H,3-6,16H2,1-2H3. The maximum absolute atomic E-state index is 13.7. The first kappa shape index (κ1) is 13.5. The van der Waals surface area contributed by atoms with Gasteiger partial charge in [0.05, 0.1) is 6.10 Å². The Morgan fingerprint density at radius 2 is 2.00 bits per heavy atom. The molecule has 0 bridgehead atoms. The van der Waals surface area contributed by atoms with Gasteiger partial charge in [-0.3, -0.25) is 0 Å². The lowest BCUT2D eigenvalue weighted by Crippen LogP contribution is -2.08. The number of ether oxygens (including phenoxy) is 1. The van der Waals surface area contributed by atoms with Crippen molar-refractivity contribution in [1.82, 2.24) is 0 Å². The third-order valence-electron chi connectivity index (χ3n) is 3.02. The monoisotopic (exact) mass is 269 g/mol. The van der Waals surface area contributed by atoms with Gasteiger partial charge in [0.2, 0.25) is 0 Å². The Balaban J connectivity index is 2.17. The first-order valence-electron chi connectivity index (χ1n) is 6.48. The van der Waals surface area contributed by atoms with E-state index < -0.39 is 0 Å². The maximum atomic E-state index is 13.7. The fraction of sp³-hybridized carbons (Fsp3) is 0.571. The Morgan fingerprint density at radius 3 is 2.61 bits per heavy atom. The quantitative estimate of drug-likeness (QED) is 0.831. The van der Waals surface area contributed by atoms with Crippen LogP contribution in [-0.2, 0) is 0 Å². The minimum Gasteiger partial charge on any atom is -0.488 e. The molecule has 0 heterocycles. The van der Waals surface area contributed by atoms with Crippen molar-refractivity contribution in [2.24, 2.45) is 0 Å². The number of hydrogen-bond acceptors (Lipinski definition) is 3. The molecule has 2 nitrogen and oxygen atoms in total. The molecule has 1 saturated carbocycles. The van der Waals surface area contributed by atoms with Crippen molar-refractivity contribution in [3.05, 3.63) is 17.9 Å². The second-order valence-electron chi connectivity index (χ2n) is 5.01. The molecule has 0 radical (unpaired) electrons. The third kappa shape index (κ3) is 3.31. The van der Waals surface area contributed by atoms with Crippen molar-refractivity contribution < 1.29 is 9.13 Å². The Bertz CT molecular complexity index is 417. The predicted octanol–water partition coefficient (Wildman–Crippen LogP) is 4.23. The lowest BCUT2D eigenvalue weighted by molar-refractivity contribution is 0.230. The molecule has 0 unspecified atom stereocenters. The number of nitrogen functional groups attached to an aromatic ring is 1. The predicted molar refractivity (Wildman–Crippen MR) is 74.7 cm³/mol. The molecule has 0 atom stereocenters. The summed E-state index contributed by atoms with van der Waals surface area (Å²) in [7, 11) is 0. The smallest absolute Gasteiger partial charge is 0.167 e. The van der Waals surface area contributed by atoms with Crippen LogP contribution in [0.25, 0.3) is 0 Å². The van der Waals surface area contributed by atoms with E-state index in [0.29, 0.717) is 16.7 Å². The van der Waals surface area contributed by atoms with Gasteiger partial charge in [-0.2, -0.15) is 0 Å². The highest BCUT2D eigenvalue weighted by molar-refractivity contribution is 8.00. The van der Waals surface area contributed by atoms with E-state index in [1.807, 2.05) is 13.8 Å². The summed E-state index contributed by atoms with van der Waals surface area (Å²) in [5.74, 6) is -0.0725. The average Bonchev–Trinajstić information content (AvgIpc) is 2.77. The summed E-state index contributed by atoms with van der Waals surface area (Å²) in [4.78, 5) is 0.943. The van der Waals surface area contributed by atoms with E-state index in [9.17, 15) is 4.39 Å². The van der Waals surface area contributed by atoms with Crippen LogP contribution in [0.1, 0.15) is 39.5 Å². The average molecular weight is 269 g/mol. The van der Waals surface area contributed by atoms with Gasteiger partial charge in [0, 0.05) is 21.9 Å². The molecule has 0 aliphatic heterocycles. The Kier molecular flexibility index (Phi) is 4.38. The summed E-state index contributed by atoms with van der Waals surface area (Å²) in [6.07, 6.45) is 4.99. The van der Waals surface area contributed by atoms with Crippen molar-refractivity contribution in [2.45, 2.75) is 55.8 Å². The number of rotatable bonds is 4. The van der Waals surface area contributed by atoms with Crippen molar-refractivity contribution in [3.8, 4) is 5.75 Å². The molecule has 2 N–H and O–H groups in total. The summed E-state index contributed by atoms with van der Waals surface area (Å²) in [5, 5.41) is 0.615. The van der Waals surface area contributed by atoms with Crippen LogP contribution < -0.4 is 10.5 Å². The first-order chi connectivity index (χ1) is 8.56. The van der Waals surface area contributed by atoms with Crippen LogP contribution in [0.4, 0.5) is 10.1 Å². The van der Waals surface area contributed by atoms with Gasteiger partial charge in [0.25, 0.3) is 0 Å². The second kappa shape index (κ2) is 5.83. The minimum atomic E-state index is -0.378. The van der Waals surface area contributed by atoms with Crippen LogP contribution in [0.15, 0.2) is 17.0 Å². The van der Waals surface area contributed by atoms with Crippen LogP contribution >= 0.6 is 11.8 Å². The zero-order chi connectivity index (χ0) is 13.1. The summed E-state index contributed by atoms with van der Waals surface area (Å²) >= 11 is 1.76. The van der Waals surface area contributed by atoms with Gasteiger partial charge in [-0.1, -0.05) is 12.8 Å². The van der Waals surface area contributed by atoms with Gasteiger partial charge in [-0.05, 0) is 32.8 Å². The van der Waals surface area contributed by atoms with Crippen LogP contribution in [0.3, 0.4) is 0 Å². The highest BCUT2D eigenvalue weighted by Gasteiger charge is 2.19. The highest BCUT2D eigenvalue weighted by atomic mass is 32.2. The van der Waals surface area contributed by atoms with E-state index in [0.717, 1.165) is 4.90 Å². The van der Waals surface area contributed by atoms with Gasteiger partial charge in [0.1, 0.15) is 0 Å². The zero-order valence-electron chi connectivity index (χ0n) is 10.9. The van der Waals surface area contributed by atoms with Crippen molar-refractivity contribution in [3.63, 3.8) is 0 Å². The summed E-state index contributed by atoms with van der Waals surface area (Å²) < 4.78 is 19.2. The van der Waals surface area contributed by atoms with E-state index in [2.05, 4.69) is 0 Å². The molecule has 100 valence electrons. The Morgan fingerprint density at radius 1 is 1.33 bits per heavy atom. The molecule has 0 saturated heterocycles. The molecule has 0 amide bonds. The van der Waals surface area contributed by atoms with E-state index >= 15 is 0 Å². The molecule has 1 aromatic carbocycles. The Hall–Kier alpha value is -0.900. The van der Waals surface area contributed by atoms with Gasteiger partial charge in [0.15, 0.2) is 11.6 Å². The van der Waals surface area contributed by atoms with E-state index in [1.54, 1.807) is 17.8 Å². The van der Waals surface area contributed by atoms with E-state index in [-0.39, 0.29) is 11.9 Å². The highest BCUT2D eigenvalue weighted by Crippen LogP contribution is 2.39. The fourth-order valence-electron chi connectivity index (χ4n) is 2.18. The molecular formula is C14H20FNOS. The molecule has 1 aromatic rings. The largest absolute Gasteiger partial charge is 0.488 e. The Labute approximate surface area is 112 Å². The van der Waals surface area contributed by atoms with Gasteiger partial charge >= 0.3 is 0 Å². The van der Waals surface area contributed by atoms with Crippen molar-refractivity contribution >= 4 is 17.4 Å². The van der Waals surface area contributed by atoms with Crippen molar-refractivity contribution in [1.29, 1.82) is 0 Å². The van der Waals surface area contributed by atoms with Gasteiger partial charge < -0.3 is 10.5 Å². The number of nitrogens with two attached hydrogens (primary N) is 1. The topological polar surface area (TPSA) is 35.2 Å². The fourth-order valence-corrected chi connectivity index (χ4v) is 3.48. The normalized spacial score (nSPS) is 16.4. The van der Waals surface area contributed by atoms with E-state index in [1.165, 1.54) is 31.7 Å². The number of thioether (sulfide) groups is 1. The zero-order valence-corrected chi connectivity index (χ0v) is 11.7. The molecular weight excluding hydrogens is 249 g/mol.